The maximum Gasteiger partial charge on any atom is 0.251 e. The molecule has 1 rings (SSSR count). The summed E-state index contributed by atoms with van der Waals surface area (Å²) in [6, 6.07) is 3.44. The molecule has 1 aromatic heterocycles. The average Bonchev–Trinajstić information content (AvgIpc) is 2.34. The van der Waals surface area contributed by atoms with E-state index in [0.717, 1.165) is 18.3 Å². The van der Waals surface area contributed by atoms with Crippen molar-refractivity contribution < 1.29 is 4.79 Å². The minimum Gasteiger partial charge on any atom is -0.352 e. The van der Waals surface area contributed by atoms with Gasteiger partial charge in [-0.1, -0.05) is 28.8 Å². The van der Waals surface area contributed by atoms with Crippen LogP contribution < -0.4 is 5.32 Å². The monoisotopic (exact) mass is 284 g/mol. The van der Waals surface area contributed by atoms with Gasteiger partial charge >= 0.3 is 0 Å². The van der Waals surface area contributed by atoms with Crippen LogP contribution in [0.3, 0.4) is 0 Å². The maximum atomic E-state index is 11.6. The van der Waals surface area contributed by atoms with E-state index in [0.29, 0.717) is 5.56 Å². The number of amides is 1. The first kappa shape index (κ1) is 13.2. The van der Waals surface area contributed by atoms with Gasteiger partial charge in [-0.15, -0.1) is 0 Å². The molecule has 16 heavy (non-hydrogen) atoms. The van der Waals surface area contributed by atoms with Crippen LogP contribution in [0.4, 0.5) is 0 Å². The largest absolute Gasteiger partial charge is 0.352 e. The number of aromatic nitrogens is 1. The summed E-state index contributed by atoms with van der Waals surface area (Å²) < 4.78 is 0. The van der Waals surface area contributed by atoms with Crippen LogP contribution in [0.15, 0.2) is 24.5 Å². The molecule has 3 nitrogen and oxygen atoms in total. The third-order valence-electron chi connectivity index (χ3n) is 2.29. The molecule has 0 aliphatic rings. The fourth-order valence-corrected chi connectivity index (χ4v) is 1.78. The first-order valence-corrected chi connectivity index (χ1v) is 6.71. The van der Waals surface area contributed by atoms with E-state index in [9.17, 15) is 4.79 Å². The summed E-state index contributed by atoms with van der Waals surface area (Å²) in [6.45, 7) is 0.753. The number of carbonyl (C=O) groups is 1. The first-order chi connectivity index (χ1) is 7.84. The molecule has 0 radical (unpaired) electrons. The van der Waals surface area contributed by atoms with Crippen LogP contribution in [0.2, 0.25) is 0 Å². The summed E-state index contributed by atoms with van der Waals surface area (Å²) in [7, 11) is 0. The van der Waals surface area contributed by atoms with Crippen molar-refractivity contribution in [3.05, 3.63) is 30.1 Å². The molecule has 0 aliphatic carbocycles. The summed E-state index contributed by atoms with van der Waals surface area (Å²) in [5.74, 6) is -0.0112. The quantitative estimate of drug-likeness (QED) is 0.618. The second-order valence-corrected chi connectivity index (χ2v) is 4.39. The highest BCUT2D eigenvalue weighted by atomic mass is 79.9. The zero-order valence-corrected chi connectivity index (χ0v) is 10.9. The maximum absolute atomic E-state index is 11.6. The number of carbonyl (C=O) groups excluding carboxylic acids is 1. The van der Waals surface area contributed by atoms with Crippen molar-refractivity contribution in [3.8, 4) is 0 Å². The van der Waals surface area contributed by atoms with Crippen LogP contribution in [0.25, 0.3) is 0 Å². The second-order valence-electron chi connectivity index (χ2n) is 3.59. The van der Waals surface area contributed by atoms with E-state index < -0.39 is 0 Å². The number of nitrogens with zero attached hydrogens (tertiary/aromatic N) is 1. The molecular formula is C12H17BrN2O. The fourth-order valence-electron chi connectivity index (χ4n) is 1.38. The van der Waals surface area contributed by atoms with Gasteiger partial charge in [0.05, 0.1) is 0 Å². The Bertz CT molecular complexity index is 303. The van der Waals surface area contributed by atoms with E-state index in [-0.39, 0.29) is 5.91 Å². The SMILES string of the molecule is O=C(NCCCCCCBr)c1ccncc1. The van der Waals surface area contributed by atoms with Crippen molar-refractivity contribution in [2.24, 2.45) is 0 Å². The molecule has 0 aromatic carbocycles. The van der Waals surface area contributed by atoms with E-state index >= 15 is 0 Å². The van der Waals surface area contributed by atoms with E-state index in [1.807, 2.05) is 0 Å². The van der Waals surface area contributed by atoms with E-state index in [2.05, 4.69) is 26.2 Å². The second kappa shape index (κ2) is 8.28. The summed E-state index contributed by atoms with van der Waals surface area (Å²) in [6.07, 6.45) is 7.90. The van der Waals surface area contributed by atoms with E-state index in [1.54, 1.807) is 24.5 Å². The number of hydrogen-bond acceptors (Lipinski definition) is 2. The summed E-state index contributed by atoms with van der Waals surface area (Å²) in [5, 5.41) is 3.96. The van der Waals surface area contributed by atoms with Crippen molar-refractivity contribution >= 4 is 21.8 Å². The molecule has 0 aliphatic heterocycles. The van der Waals surface area contributed by atoms with Crippen molar-refractivity contribution in [1.29, 1.82) is 0 Å². The Morgan fingerprint density at radius 2 is 1.88 bits per heavy atom. The predicted molar refractivity (Wildman–Crippen MR) is 68.8 cm³/mol. The van der Waals surface area contributed by atoms with Crippen molar-refractivity contribution in [3.63, 3.8) is 0 Å². The highest BCUT2D eigenvalue weighted by Gasteiger charge is 2.02. The minimum atomic E-state index is -0.0112. The Morgan fingerprint density at radius 1 is 1.19 bits per heavy atom. The minimum absolute atomic E-state index is 0.0112. The molecular weight excluding hydrogens is 268 g/mol. The smallest absolute Gasteiger partial charge is 0.251 e. The van der Waals surface area contributed by atoms with Crippen LogP contribution in [-0.2, 0) is 0 Å². The lowest BCUT2D eigenvalue weighted by Crippen LogP contribution is -2.24. The molecule has 0 fully saturated rings. The van der Waals surface area contributed by atoms with Gasteiger partial charge in [-0.25, -0.2) is 0 Å². The van der Waals surface area contributed by atoms with Crippen molar-refractivity contribution in [2.75, 3.05) is 11.9 Å². The number of halogens is 1. The summed E-state index contributed by atoms with van der Waals surface area (Å²) >= 11 is 3.40. The Balaban J connectivity index is 2.12. The van der Waals surface area contributed by atoms with Crippen LogP contribution in [0, 0.1) is 0 Å². The third kappa shape index (κ3) is 5.26. The van der Waals surface area contributed by atoms with Gasteiger partial charge in [-0.2, -0.15) is 0 Å². The molecule has 4 heteroatoms. The molecule has 0 bridgehead atoms. The molecule has 1 amide bonds. The Morgan fingerprint density at radius 3 is 2.56 bits per heavy atom. The van der Waals surface area contributed by atoms with Gasteiger partial charge in [-0.3, -0.25) is 9.78 Å². The number of alkyl halides is 1. The molecule has 1 heterocycles. The Hall–Kier alpha value is -0.900. The van der Waals surface area contributed by atoms with Crippen molar-refractivity contribution in [2.45, 2.75) is 25.7 Å². The van der Waals surface area contributed by atoms with Crippen LogP contribution in [0.5, 0.6) is 0 Å². The number of unbranched alkanes of at least 4 members (excludes halogenated alkanes) is 3. The zero-order valence-electron chi connectivity index (χ0n) is 9.29. The van der Waals surface area contributed by atoms with Crippen LogP contribution in [0.1, 0.15) is 36.0 Å². The lowest BCUT2D eigenvalue weighted by molar-refractivity contribution is 0.0953. The molecule has 0 atom stereocenters. The number of nitrogens with one attached hydrogen (secondary N) is 1. The van der Waals surface area contributed by atoms with Gasteiger partial charge in [0.25, 0.3) is 5.91 Å². The number of hydrogen-bond donors (Lipinski definition) is 1. The van der Waals surface area contributed by atoms with Crippen LogP contribution in [-0.4, -0.2) is 22.8 Å². The van der Waals surface area contributed by atoms with Gasteiger partial charge in [0.2, 0.25) is 0 Å². The molecule has 0 saturated heterocycles. The lowest BCUT2D eigenvalue weighted by Gasteiger charge is -2.04. The number of rotatable bonds is 7. The Kier molecular flexibility index (Phi) is 6.81. The van der Waals surface area contributed by atoms with Gasteiger partial charge in [0, 0.05) is 29.8 Å². The molecule has 88 valence electrons. The topological polar surface area (TPSA) is 42.0 Å². The van der Waals surface area contributed by atoms with E-state index in [1.165, 1.54) is 19.3 Å². The fraction of sp³-hybridized carbons (Fsp3) is 0.500. The predicted octanol–water partition coefficient (Wildman–Crippen LogP) is 2.77. The van der Waals surface area contributed by atoms with E-state index in [4.69, 9.17) is 0 Å². The van der Waals surface area contributed by atoms with Crippen molar-refractivity contribution in [1.82, 2.24) is 10.3 Å². The highest BCUT2D eigenvalue weighted by Crippen LogP contribution is 2.01. The molecule has 0 unspecified atom stereocenters. The lowest BCUT2D eigenvalue weighted by atomic mass is 10.2. The molecule has 1 aromatic rings. The zero-order chi connectivity index (χ0) is 11.6. The first-order valence-electron chi connectivity index (χ1n) is 5.59. The number of pyridine rings is 1. The third-order valence-corrected chi connectivity index (χ3v) is 2.85. The molecule has 0 saturated carbocycles. The van der Waals surface area contributed by atoms with Gasteiger partial charge in [0.15, 0.2) is 0 Å². The van der Waals surface area contributed by atoms with Crippen LogP contribution >= 0.6 is 15.9 Å². The molecule has 0 spiro atoms. The highest BCUT2D eigenvalue weighted by molar-refractivity contribution is 9.09. The van der Waals surface area contributed by atoms with Gasteiger partial charge < -0.3 is 5.32 Å². The van der Waals surface area contributed by atoms with Gasteiger partial charge in [-0.05, 0) is 25.0 Å². The standard InChI is InChI=1S/C12H17BrN2O/c13-7-3-1-2-4-8-15-12(16)11-5-9-14-10-6-11/h5-6,9-10H,1-4,7-8H2,(H,15,16). The molecule has 1 N–H and O–H groups in total. The average molecular weight is 285 g/mol. The normalized spacial score (nSPS) is 10.1. The summed E-state index contributed by atoms with van der Waals surface area (Å²) in [4.78, 5) is 15.5. The van der Waals surface area contributed by atoms with Gasteiger partial charge in [0.1, 0.15) is 0 Å². The Labute approximate surface area is 105 Å². The summed E-state index contributed by atoms with van der Waals surface area (Å²) in [5.41, 5.74) is 0.676.